The van der Waals surface area contributed by atoms with Crippen molar-refractivity contribution in [1.82, 2.24) is 20.0 Å². The number of hydrogen-bond donors (Lipinski definition) is 0. The Balaban J connectivity index is 1.39. The molecule has 1 unspecified atom stereocenters. The quantitative estimate of drug-likeness (QED) is 0.801. The minimum atomic E-state index is -0.338. The number of piperidine rings is 2. The predicted octanol–water partition coefficient (Wildman–Crippen LogP) is 2.33. The molecule has 0 N–H and O–H groups in total. The molecular formula is C20H25FN4O3. The Hall–Kier alpha value is -2.32. The van der Waals surface area contributed by atoms with Crippen molar-refractivity contribution >= 4 is 5.91 Å². The van der Waals surface area contributed by atoms with Crippen LogP contribution >= 0.6 is 0 Å². The molecule has 0 bridgehead atoms. The van der Waals surface area contributed by atoms with Crippen molar-refractivity contribution in [1.29, 1.82) is 0 Å². The molecule has 2 aliphatic heterocycles. The summed E-state index contributed by atoms with van der Waals surface area (Å²) in [5.74, 6) is 0.703. The predicted molar refractivity (Wildman–Crippen MR) is 99.7 cm³/mol. The Labute approximate surface area is 163 Å². The first kappa shape index (κ1) is 19.0. The molecule has 1 spiro atoms. The highest BCUT2D eigenvalue weighted by Gasteiger charge is 2.47. The minimum Gasteiger partial charge on any atom is -0.419 e. The molecule has 2 aromatic rings. The molecule has 0 aliphatic carbocycles. The van der Waals surface area contributed by atoms with Gasteiger partial charge < -0.3 is 14.1 Å². The third kappa shape index (κ3) is 3.66. The van der Waals surface area contributed by atoms with Crippen LogP contribution in [-0.2, 0) is 16.1 Å². The molecule has 1 atom stereocenters. The fourth-order valence-electron chi connectivity index (χ4n) is 4.34. The van der Waals surface area contributed by atoms with Crippen molar-refractivity contribution in [3.63, 3.8) is 0 Å². The van der Waals surface area contributed by atoms with Gasteiger partial charge >= 0.3 is 0 Å². The molecule has 7 nitrogen and oxygen atoms in total. The highest BCUT2D eigenvalue weighted by Crippen LogP contribution is 2.41. The molecule has 0 radical (unpaired) electrons. The Morgan fingerprint density at radius 3 is 2.82 bits per heavy atom. The van der Waals surface area contributed by atoms with Gasteiger partial charge in [0, 0.05) is 26.3 Å². The van der Waals surface area contributed by atoms with E-state index >= 15 is 0 Å². The van der Waals surface area contributed by atoms with Gasteiger partial charge in [0.2, 0.25) is 17.7 Å². The first-order valence-electron chi connectivity index (χ1n) is 9.58. The van der Waals surface area contributed by atoms with E-state index < -0.39 is 0 Å². The lowest BCUT2D eigenvalue weighted by atomic mass is 9.71. The van der Waals surface area contributed by atoms with Crippen molar-refractivity contribution in [2.24, 2.45) is 5.41 Å². The molecule has 1 aromatic carbocycles. The number of methoxy groups -OCH3 is 1. The standard InChI is InChI=1S/C20H25FN4O3/c1-24-12-16(27-2)11-20(19(24)26)6-8-25(9-7-20)13-17-22-23-18(28-17)14-4-3-5-15(21)10-14/h3-5,10,16H,6-9,11-13H2,1-2H3. The average molecular weight is 388 g/mol. The van der Waals surface area contributed by atoms with Gasteiger partial charge in [-0.1, -0.05) is 6.07 Å². The second kappa shape index (κ2) is 7.60. The number of ether oxygens (including phenoxy) is 1. The zero-order valence-corrected chi connectivity index (χ0v) is 16.2. The number of benzene rings is 1. The summed E-state index contributed by atoms with van der Waals surface area (Å²) in [6.45, 7) is 2.75. The summed E-state index contributed by atoms with van der Waals surface area (Å²) in [5.41, 5.74) is 0.240. The maximum Gasteiger partial charge on any atom is 0.247 e. The van der Waals surface area contributed by atoms with Crippen molar-refractivity contribution in [2.45, 2.75) is 31.9 Å². The lowest BCUT2D eigenvalue weighted by molar-refractivity contribution is -0.156. The van der Waals surface area contributed by atoms with Gasteiger partial charge in [-0.3, -0.25) is 9.69 Å². The Morgan fingerprint density at radius 1 is 1.32 bits per heavy atom. The number of nitrogens with zero attached hydrogens (tertiary/aromatic N) is 4. The molecule has 28 heavy (non-hydrogen) atoms. The average Bonchev–Trinajstić information content (AvgIpc) is 3.16. The minimum absolute atomic E-state index is 0.0963. The second-order valence-electron chi connectivity index (χ2n) is 7.82. The van der Waals surface area contributed by atoms with Gasteiger partial charge in [0.05, 0.1) is 18.1 Å². The Kier molecular flexibility index (Phi) is 5.16. The monoisotopic (exact) mass is 388 g/mol. The zero-order chi connectivity index (χ0) is 19.7. The number of carbonyl (C=O) groups excluding carboxylic acids is 1. The van der Waals surface area contributed by atoms with E-state index in [1.165, 1.54) is 12.1 Å². The summed E-state index contributed by atoms with van der Waals surface area (Å²) in [6, 6.07) is 6.11. The van der Waals surface area contributed by atoms with E-state index in [1.54, 1.807) is 24.1 Å². The number of amides is 1. The molecule has 8 heteroatoms. The lowest BCUT2D eigenvalue weighted by Gasteiger charge is -2.47. The molecule has 150 valence electrons. The molecule has 1 amide bonds. The van der Waals surface area contributed by atoms with E-state index in [0.29, 0.717) is 30.4 Å². The lowest BCUT2D eigenvalue weighted by Crippen LogP contribution is -2.56. The van der Waals surface area contributed by atoms with Crippen LogP contribution in [0.1, 0.15) is 25.2 Å². The molecule has 2 saturated heterocycles. The molecule has 2 fully saturated rings. The van der Waals surface area contributed by atoms with Crippen molar-refractivity contribution in [3.8, 4) is 11.5 Å². The highest BCUT2D eigenvalue weighted by molar-refractivity contribution is 5.83. The summed E-state index contributed by atoms with van der Waals surface area (Å²) in [7, 11) is 3.57. The summed E-state index contributed by atoms with van der Waals surface area (Å²) < 4.78 is 24.6. The second-order valence-corrected chi connectivity index (χ2v) is 7.82. The third-order valence-corrected chi connectivity index (χ3v) is 5.94. The molecule has 0 saturated carbocycles. The van der Waals surface area contributed by atoms with Crippen LogP contribution in [0.5, 0.6) is 0 Å². The number of likely N-dealkylation sites (tertiary alicyclic amines) is 2. The van der Waals surface area contributed by atoms with E-state index in [-0.39, 0.29) is 23.2 Å². The van der Waals surface area contributed by atoms with Crippen LogP contribution in [0.4, 0.5) is 4.39 Å². The summed E-state index contributed by atoms with van der Waals surface area (Å²) in [6.07, 6.45) is 2.46. The van der Waals surface area contributed by atoms with Gasteiger partial charge in [-0.15, -0.1) is 10.2 Å². The van der Waals surface area contributed by atoms with E-state index in [2.05, 4.69) is 15.1 Å². The smallest absolute Gasteiger partial charge is 0.247 e. The van der Waals surface area contributed by atoms with Crippen LogP contribution in [0, 0.1) is 11.2 Å². The summed E-state index contributed by atoms with van der Waals surface area (Å²) in [4.78, 5) is 16.8. The fourth-order valence-corrected chi connectivity index (χ4v) is 4.34. The van der Waals surface area contributed by atoms with Gasteiger partial charge in [-0.25, -0.2) is 4.39 Å². The number of hydrogen-bond acceptors (Lipinski definition) is 6. The SMILES string of the molecule is COC1CN(C)C(=O)C2(CCN(Cc3nnc(-c4cccc(F)c4)o3)CC2)C1. The van der Waals surface area contributed by atoms with Crippen LogP contribution < -0.4 is 0 Å². The van der Waals surface area contributed by atoms with E-state index in [4.69, 9.17) is 9.15 Å². The van der Waals surface area contributed by atoms with Crippen LogP contribution in [-0.4, -0.2) is 65.8 Å². The van der Waals surface area contributed by atoms with Crippen molar-refractivity contribution < 1.29 is 18.3 Å². The van der Waals surface area contributed by atoms with Gasteiger partial charge in [0.25, 0.3) is 0 Å². The van der Waals surface area contributed by atoms with Crippen molar-refractivity contribution in [3.05, 3.63) is 36.0 Å². The number of aromatic nitrogens is 2. The van der Waals surface area contributed by atoms with Gasteiger partial charge in [0.1, 0.15) is 5.82 Å². The van der Waals surface area contributed by atoms with Crippen LogP contribution in [0.2, 0.25) is 0 Å². The normalized spacial score (nSPS) is 22.8. The maximum atomic E-state index is 13.4. The van der Waals surface area contributed by atoms with Gasteiger partial charge in [0.15, 0.2) is 0 Å². The van der Waals surface area contributed by atoms with E-state index in [1.807, 2.05) is 7.05 Å². The van der Waals surface area contributed by atoms with Gasteiger partial charge in [-0.2, -0.15) is 0 Å². The molecule has 1 aromatic heterocycles. The number of rotatable bonds is 4. The largest absolute Gasteiger partial charge is 0.419 e. The molecular weight excluding hydrogens is 363 g/mol. The van der Waals surface area contributed by atoms with Crippen LogP contribution in [0.3, 0.4) is 0 Å². The molecule has 2 aliphatic rings. The third-order valence-electron chi connectivity index (χ3n) is 5.94. The fraction of sp³-hybridized carbons (Fsp3) is 0.550. The summed E-state index contributed by atoms with van der Waals surface area (Å²) in [5, 5.41) is 8.13. The Morgan fingerprint density at radius 2 is 2.11 bits per heavy atom. The van der Waals surface area contributed by atoms with E-state index in [9.17, 15) is 9.18 Å². The summed E-state index contributed by atoms with van der Waals surface area (Å²) >= 11 is 0. The molecule has 3 heterocycles. The number of likely N-dealkylation sites (N-methyl/N-ethyl adjacent to an activating group) is 1. The van der Waals surface area contributed by atoms with Crippen molar-refractivity contribution in [2.75, 3.05) is 33.8 Å². The number of carbonyl (C=O) groups is 1. The van der Waals surface area contributed by atoms with E-state index in [0.717, 1.165) is 32.4 Å². The zero-order valence-electron chi connectivity index (χ0n) is 16.2. The first-order valence-corrected chi connectivity index (χ1v) is 9.58. The highest BCUT2D eigenvalue weighted by atomic mass is 19.1. The van der Waals surface area contributed by atoms with Crippen LogP contribution in [0.15, 0.2) is 28.7 Å². The number of halogens is 1. The van der Waals surface area contributed by atoms with Gasteiger partial charge in [-0.05, 0) is 50.6 Å². The first-order chi connectivity index (χ1) is 13.5. The Bertz CT molecular complexity index is 847. The molecule has 4 rings (SSSR count). The van der Waals surface area contributed by atoms with Crippen LogP contribution in [0.25, 0.3) is 11.5 Å². The maximum absolute atomic E-state index is 13.4. The topological polar surface area (TPSA) is 71.7 Å².